The van der Waals surface area contributed by atoms with Crippen LogP contribution >= 0.6 is 0 Å². The quantitative estimate of drug-likeness (QED) is 0.822. The molecule has 0 saturated heterocycles. The summed E-state index contributed by atoms with van der Waals surface area (Å²) < 4.78 is 5.14. The van der Waals surface area contributed by atoms with Crippen LogP contribution < -0.4 is 10.5 Å². The van der Waals surface area contributed by atoms with Gasteiger partial charge in [-0.25, -0.2) is 0 Å². The molecule has 3 nitrogen and oxygen atoms in total. The van der Waals surface area contributed by atoms with Gasteiger partial charge in [0.1, 0.15) is 5.75 Å². The van der Waals surface area contributed by atoms with Crippen LogP contribution in [0, 0.1) is 5.41 Å². The monoisotopic (exact) mass is 236 g/mol. The molecule has 0 aliphatic heterocycles. The number of ether oxygens (including phenoxy) is 1. The predicted molar refractivity (Wildman–Crippen MR) is 72.2 cm³/mol. The molecule has 0 bridgehead atoms. The molecule has 0 spiro atoms. The Hall–Kier alpha value is -1.06. The molecule has 0 saturated carbocycles. The summed E-state index contributed by atoms with van der Waals surface area (Å²) in [6.07, 6.45) is 0. The van der Waals surface area contributed by atoms with E-state index in [0.717, 1.165) is 18.8 Å². The van der Waals surface area contributed by atoms with Gasteiger partial charge < -0.3 is 15.4 Å². The second-order valence-electron chi connectivity index (χ2n) is 5.39. The molecule has 3 heteroatoms. The minimum atomic E-state index is 0.168. The molecule has 1 aromatic rings. The summed E-state index contributed by atoms with van der Waals surface area (Å²) in [6, 6.07) is 8.20. The van der Waals surface area contributed by atoms with E-state index in [1.54, 1.807) is 7.11 Å². The van der Waals surface area contributed by atoms with Crippen LogP contribution in [0.2, 0.25) is 0 Å². The lowest BCUT2D eigenvalue weighted by atomic mass is 9.93. The van der Waals surface area contributed by atoms with Crippen molar-refractivity contribution >= 4 is 0 Å². The van der Waals surface area contributed by atoms with Crippen molar-refractivity contribution in [2.45, 2.75) is 20.4 Å². The van der Waals surface area contributed by atoms with E-state index in [9.17, 15) is 0 Å². The third-order valence-corrected chi connectivity index (χ3v) is 2.86. The topological polar surface area (TPSA) is 38.5 Å². The SMILES string of the molecule is COc1ccc(CN(C)CC(C)(C)CN)cc1. The molecule has 0 radical (unpaired) electrons. The van der Waals surface area contributed by atoms with Gasteiger partial charge in [0.15, 0.2) is 0 Å². The molecule has 0 amide bonds. The number of methoxy groups -OCH3 is 1. The average Bonchev–Trinajstić information content (AvgIpc) is 2.29. The van der Waals surface area contributed by atoms with Crippen LogP contribution in [0.3, 0.4) is 0 Å². The Morgan fingerprint density at radius 1 is 1.24 bits per heavy atom. The van der Waals surface area contributed by atoms with Gasteiger partial charge >= 0.3 is 0 Å². The maximum Gasteiger partial charge on any atom is 0.118 e. The number of hydrogen-bond donors (Lipinski definition) is 1. The lowest BCUT2D eigenvalue weighted by molar-refractivity contribution is 0.210. The van der Waals surface area contributed by atoms with Crippen LogP contribution in [0.4, 0.5) is 0 Å². The molecule has 0 aliphatic carbocycles. The van der Waals surface area contributed by atoms with Gasteiger partial charge in [0, 0.05) is 13.1 Å². The lowest BCUT2D eigenvalue weighted by Gasteiger charge is -2.29. The Kier molecular flexibility index (Phi) is 4.97. The number of hydrogen-bond acceptors (Lipinski definition) is 3. The highest BCUT2D eigenvalue weighted by atomic mass is 16.5. The van der Waals surface area contributed by atoms with Crippen LogP contribution in [0.15, 0.2) is 24.3 Å². The fourth-order valence-corrected chi connectivity index (χ4v) is 1.89. The molecular weight excluding hydrogens is 212 g/mol. The minimum absolute atomic E-state index is 0.168. The summed E-state index contributed by atoms with van der Waals surface area (Å²) in [6.45, 7) is 7.03. The van der Waals surface area contributed by atoms with Crippen molar-refractivity contribution in [2.24, 2.45) is 11.1 Å². The molecule has 17 heavy (non-hydrogen) atoms. The lowest BCUT2D eigenvalue weighted by Crippen LogP contribution is -2.36. The van der Waals surface area contributed by atoms with E-state index in [1.807, 2.05) is 12.1 Å². The average molecular weight is 236 g/mol. The zero-order valence-corrected chi connectivity index (χ0v) is 11.4. The van der Waals surface area contributed by atoms with Gasteiger partial charge in [-0.3, -0.25) is 0 Å². The highest BCUT2D eigenvalue weighted by Gasteiger charge is 2.17. The van der Waals surface area contributed by atoms with Gasteiger partial charge in [0.2, 0.25) is 0 Å². The molecule has 0 heterocycles. The fourth-order valence-electron chi connectivity index (χ4n) is 1.89. The highest BCUT2D eigenvalue weighted by molar-refractivity contribution is 5.27. The molecular formula is C14H24N2O. The Bertz CT molecular complexity index is 333. The van der Waals surface area contributed by atoms with Crippen molar-refractivity contribution in [1.29, 1.82) is 0 Å². The molecule has 2 N–H and O–H groups in total. The number of rotatable bonds is 6. The van der Waals surface area contributed by atoms with Crippen LogP contribution in [-0.4, -0.2) is 32.1 Å². The molecule has 0 atom stereocenters. The van der Waals surface area contributed by atoms with E-state index < -0.39 is 0 Å². The third-order valence-electron chi connectivity index (χ3n) is 2.86. The molecule has 0 unspecified atom stereocenters. The predicted octanol–water partition coefficient (Wildman–Crippen LogP) is 2.11. The highest BCUT2D eigenvalue weighted by Crippen LogP contribution is 2.17. The van der Waals surface area contributed by atoms with E-state index in [-0.39, 0.29) is 5.41 Å². The van der Waals surface area contributed by atoms with Gasteiger partial charge in [-0.05, 0) is 36.7 Å². The van der Waals surface area contributed by atoms with Crippen LogP contribution in [0.25, 0.3) is 0 Å². The fraction of sp³-hybridized carbons (Fsp3) is 0.571. The van der Waals surface area contributed by atoms with Crippen molar-refractivity contribution in [3.63, 3.8) is 0 Å². The molecule has 1 rings (SSSR count). The first kappa shape index (κ1) is 14.0. The van der Waals surface area contributed by atoms with Gasteiger partial charge in [0.05, 0.1) is 7.11 Å². The van der Waals surface area contributed by atoms with E-state index in [1.165, 1.54) is 5.56 Å². The van der Waals surface area contributed by atoms with Gasteiger partial charge in [-0.1, -0.05) is 26.0 Å². The molecule has 1 aromatic carbocycles. The third kappa shape index (κ3) is 4.75. The van der Waals surface area contributed by atoms with Crippen molar-refractivity contribution in [3.05, 3.63) is 29.8 Å². The Morgan fingerprint density at radius 2 is 1.82 bits per heavy atom. The van der Waals surface area contributed by atoms with Crippen LogP contribution in [0.1, 0.15) is 19.4 Å². The molecule has 96 valence electrons. The molecule has 0 fully saturated rings. The zero-order chi connectivity index (χ0) is 12.9. The summed E-state index contributed by atoms with van der Waals surface area (Å²) in [5.74, 6) is 0.902. The summed E-state index contributed by atoms with van der Waals surface area (Å²) in [4.78, 5) is 2.30. The Labute approximate surface area is 105 Å². The maximum absolute atomic E-state index is 5.74. The smallest absolute Gasteiger partial charge is 0.118 e. The summed E-state index contributed by atoms with van der Waals surface area (Å²) in [7, 11) is 3.81. The van der Waals surface area contributed by atoms with Crippen molar-refractivity contribution in [2.75, 3.05) is 27.2 Å². The first-order chi connectivity index (χ1) is 7.96. The first-order valence-electron chi connectivity index (χ1n) is 5.98. The second-order valence-corrected chi connectivity index (χ2v) is 5.39. The van der Waals surface area contributed by atoms with Gasteiger partial charge in [-0.15, -0.1) is 0 Å². The second kappa shape index (κ2) is 6.03. The van der Waals surface area contributed by atoms with E-state index in [2.05, 4.69) is 37.9 Å². The summed E-state index contributed by atoms with van der Waals surface area (Å²) >= 11 is 0. The largest absolute Gasteiger partial charge is 0.497 e. The Balaban J connectivity index is 2.52. The molecule has 0 aliphatic rings. The van der Waals surface area contributed by atoms with E-state index in [0.29, 0.717) is 6.54 Å². The van der Waals surface area contributed by atoms with Gasteiger partial charge in [0.25, 0.3) is 0 Å². The summed E-state index contributed by atoms with van der Waals surface area (Å²) in [5, 5.41) is 0. The number of benzene rings is 1. The standard InChI is InChI=1S/C14H24N2O/c1-14(2,10-15)11-16(3)9-12-5-7-13(17-4)8-6-12/h5-8H,9-11,15H2,1-4H3. The van der Waals surface area contributed by atoms with Gasteiger partial charge in [-0.2, -0.15) is 0 Å². The zero-order valence-electron chi connectivity index (χ0n) is 11.4. The van der Waals surface area contributed by atoms with Crippen molar-refractivity contribution in [3.8, 4) is 5.75 Å². The number of nitrogens with two attached hydrogens (primary N) is 1. The number of nitrogens with zero attached hydrogens (tertiary/aromatic N) is 1. The summed E-state index contributed by atoms with van der Waals surface area (Å²) in [5.41, 5.74) is 7.20. The molecule has 0 aromatic heterocycles. The maximum atomic E-state index is 5.74. The Morgan fingerprint density at radius 3 is 2.29 bits per heavy atom. The first-order valence-corrected chi connectivity index (χ1v) is 5.98. The van der Waals surface area contributed by atoms with Crippen molar-refractivity contribution < 1.29 is 4.74 Å². The van der Waals surface area contributed by atoms with E-state index in [4.69, 9.17) is 10.5 Å². The minimum Gasteiger partial charge on any atom is -0.497 e. The van der Waals surface area contributed by atoms with E-state index >= 15 is 0 Å². The van der Waals surface area contributed by atoms with Crippen molar-refractivity contribution in [1.82, 2.24) is 4.90 Å². The normalized spacial score (nSPS) is 11.9. The van der Waals surface area contributed by atoms with Crippen LogP contribution in [-0.2, 0) is 6.54 Å². The van der Waals surface area contributed by atoms with Crippen LogP contribution in [0.5, 0.6) is 5.75 Å².